The highest BCUT2D eigenvalue weighted by atomic mass is 35.5. The molecule has 0 aliphatic heterocycles. The maximum Gasteiger partial charge on any atom is 0.248 e. The second-order valence-electron chi connectivity index (χ2n) is 9.04. The van der Waals surface area contributed by atoms with Crippen molar-refractivity contribution in [3.05, 3.63) is 42.0 Å². The number of carbonyl (C=O) groups is 3. The zero-order chi connectivity index (χ0) is 24.3. The van der Waals surface area contributed by atoms with E-state index in [0.29, 0.717) is 12.8 Å². The van der Waals surface area contributed by atoms with Gasteiger partial charge in [0.25, 0.3) is 0 Å². The highest BCUT2D eigenvalue weighted by molar-refractivity contribution is 5.97. The highest BCUT2D eigenvalue weighted by Gasteiger charge is 2.52. The van der Waals surface area contributed by atoms with Crippen LogP contribution in [0.5, 0.6) is 0 Å². The molecule has 0 radical (unpaired) electrons. The van der Waals surface area contributed by atoms with E-state index >= 15 is 0 Å². The summed E-state index contributed by atoms with van der Waals surface area (Å²) in [4.78, 5) is 39.6. The normalized spacial score (nSPS) is 14.9. The number of hydroxylamine groups is 1. The molecule has 1 aromatic carbocycles. The van der Waals surface area contributed by atoms with E-state index in [4.69, 9.17) is 11.6 Å². The lowest BCUT2D eigenvalue weighted by Crippen LogP contribution is -2.54. The number of ketones is 1. The molecule has 3 atom stereocenters. The summed E-state index contributed by atoms with van der Waals surface area (Å²) >= 11 is 0. The fraction of sp³-hybridized carbons (Fsp3) is 0.542. The Morgan fingerprint density at radius 2 is 1.67 bits per heavy atom. The summed E-state index contributed by atoms with van der Waals surface area (Å²) in [5, 5.41) is 9.61. The largest absolute Gasteiger partial charge is 0.330 e. The average molecular weight is 483 g/mol. The van der Waals surface area contributed by atoms with Gasteiger partial charge in [0.15, 0.2) is 0 Å². The van der Waals surface area contributed by atoms with Crippen molar-refractivity contribution < 1.29 is 19.6 Å². The van der Waals surface area contributed by atoms with Crippen LogP contribution in [0.25, 0.3) is 6.08 Å². The molecule has 0 bridgehead atoms. The van der Waals surface area contributed by atoms with Gasteiger partial charge in [0.2, 0.25) is 11.8 Å². The maximum absolute atomic E-state index is 13.6. The number of Topliss-reactive ketones (excluding diaryl/α,β-unsaturated/α-hetero) is 1. The van der Waals surface area contributed by atoms with Crippen molar-refractivity contribution in [3.8, 4) is 0 Å². The first-order chi connectivity index (χ1) is 15.1. The van der Waals surface area contributed by atoms with Crippen molar-refractivity contribution in [2.45, 2.75) is 47.0 Å². The minimum atomic E-state index is -1.37. The van der Waals surface area contributed by atoms with Gasteiger partial charge in [0, 0.05) is 6.42 Å². The molecule has 0 aliphatic rings. The topological polar surface area (TPSA) is 148 Å². The van der Waals surface area contributed by atoms with Crippen LogP contribution in [0.15, 0.2) is 36.4 Å². The summed E-state index contributed by atoms with van der Waals surface area (Å²) in [5.41, 5.74) is 9.02. The Balaban J connectivity index is 0.0000102. The minimum Gasteiger partial charge on any atom is -0.330 e. The van der Waals surface area contributed by atoms with Crippen molar-refractivity contribution in [3.63, 3.8) is 0 Å². The van der Waals surface area contributed by atoms with Crippen LogP contribution in [0, 0.1) is 29.1 Å². The third-order valence-corrected chi connectivity index (χ3v) is 5.56. The number of hydrazine groups is 1. The molecule has 0 aromatic heterocycles. The molecule has 9 heteroatoms. The molecule has 0 heterocycles. The zero-order valence-electron chi connectivity index (χ0n) is 19.9. The van der Waals surface area contributed by atoms with Crippen LogP contribution in [-0.4, -0.2) is 29.3 Å². The highest BCUT2D eigenvalue weighted by Crippen LogP contribution is 2.45. The van der Waals surface area contributed by atoms with E-state index in [0.717, 1.165) is 5.56 Å². The molecule has 33 heavy (non-hydrogen) atoms. The van der Waals surface area contributed by atoms with Gasteiger partial charge in [-0.1, -0.05) is 70.2 Å². The van der Waals surface area contributed by atoms with E-state index in [1.54, 1.807) is 17.6 Å². The molecule has 0 saturated heterocycles. The molecule has 0 fully saturated rings. The standard InChI is InChI=1S/C24H38N4O4.ClH/c1-16(2)14-19(22(30)27-26)21(23(31)28-32)24(15-17(3)4,20(29)11-13-25)12-10-18-8-6-5-7-9-18;/h5-10,12,16-17,19,21,32H,11,13-15,25-26H2,1-4H3,(H,27,30)(H,28,31);1H/b12-10+;/t19-,21-,24?;/m1./s1. The summed E-state index contributed by atoms with van der Waals surface area (Å²) in [6.45, 7) is 7.81. The number of allylic oxidation sites excluding steroid dienone is 1. The van der Waals surface area contributed by atoms with Crippen molar-refractivity contribution in [2.24, 2.45) is 40.7 Å². The lowest BCUT2D eigenvalue weighted by atomic mass is 9.60. The first kappa shape index (κ1) is 30.7. The first-order valence-electron chi connectivity index (χ1n) is 11.0. The number of benzene rings is 1. The lowest BCUT2D eigenvalue weighted by Gasteiger charge is -2.41. The fourth-order valence-corrected chi connectivity index (χ4v) is 4.38. The Hall–Kier alpha value is -2.26. The summed E-state index contributed by atoms with van der Waals surface area (Å²) in [5.74, 6) is 1.76. The van der Waals surface area contributed by atoms with Crippen LogP contribution in [0.4, 0.5) is 0 Å². The van der Waals surface area contributed by atoms with E-state index in [-0.39, 0.29) is 43.0 Å². The number of nitrogens with two attached hydrogens (primary N) is 2. The Morgan fingerprint density at radius 1 is 1.06 bits per heavy atom. The smallest absolute Gasteiger partial charge is 0.248 e. The van der Waals surface area contributed by atoms with Crippen LogP contribution in [0.2, 0.25) is 0 Å². The molecule has 186 valence electrons. The molecule has 1 rings (SSSR count). The summed E-state index contributed by atoms with van der Waals surface area (Å²) in [6.07, 6.45) is 4.11. The Labute approximate surface area is 202 Å². The maximum atomic E-state index is 13.6. The summed E-state index contributed by atoms with van der Waals surface area (Å²) < 4.78 is 0. The van der Waals surface area contributed by atoms with E-state index in [2.05, 4.69) is 5.43 Å². The SMILES string of the molecule is CC(C)C[C@@H](C(=O)NN)[C@H](C(=O)NO)C(/C=C/c1ccccc1)(CC(C)C)C(=O)CCN.Cl. The van der Waals surface area contributed by atoms with E-state index < -0.39 is 29.1 Å². The second kappa shape index (κ2) is 14.8. The molecule has 1 unspecified atom stereocenters. The molecular formula is C24H39ClN4O4. The molecule has 0 aliphatic carbocycles. The van der Waals surface area contributed by atoms with Crippen molar-refractivity contribution in [1.29, 1.82) is 0 Å². The molecule has 0 spiro atoms. The first-order valence-corrected chi connectivity index (χ1v) is 11.0. The number of amides is 2. The zero-order valence-corrected chi connectivity index (χ0v) is 20.7. The van der Waals surface area contributed by atoms with Crippen LogP contribution >= 0.6 is 12.4 Å². The van der Waals surface area contributed by atoms with Gasteiger partial charge in [-0.3, -0.25) is 25.0 Å². The second-order valence-corrected chi connectivity index (χ2v) is 9.04. The van der Waals surface area contributed by atoms with Gasteiger partial charge in [-0.05, 0) is 36.8 Å². The Kier molecular flexibility index (Phi) is 13.8. The van der Waals surface area contributed by atoms with Crippen molar-refractivity contribution in [2.75, 3.05) is 6.54 Å². The van der Waals surface area contributed by atoms with Crippen LogP contribution in [0.3, 0.4) is 0 Å². The molecule has 8 nitrogen and oxygen atoms in total. The fourth-order valence-electron chi connectivity index (χ4n) is 4.38. The number of hydrogen-bond acceptors (Lipinski definition) is 6. The van der Waals surface area contributed by atoms with Crippen molar-refractivity contribution >= 4 is 36.1 Å². The minimum absolute atomic E-state index is 0. The van der Waals surface area contributed by atoms with Gasteiger partial charge in [0.05, 0.1) is 17.3 Å². The van der Waals surface area contributed by atoms with Crippen molar-refractivity contribution in [1.82, 2.24) is 10.9 Å². The molecular weight excluding hydrogens is 444 g/mol. The third kappa shape index (κ3) is 8.55. The number of nitrogens with one attached hydrogen (secondary N) is 2. The monoisotopic (exact) mass is 482 g/mol. The molecule has 7 N–H and O–H groups in total. The summed E-state index contributed by atoms with van der Waals surface area (Å²) in [7, 11) is 0. The Morgan fingerprint density at radius 3 is 2.12 bits per heavy atom. The quantitative estimate of drug-likeness (QED) is 0.126. The van der Waals surface area contributed by atoms with Crippen LogP contribution in [0.1, 0.15) is 52.5 Å². The molecule has 2 amide bonds. The van der Waals surface area contributed by atoms with Gasteiger partial charge >= 0.3 is 0 Å². The molecule has 0 saturated carbocycles. The number of hydrogen-bond donors (Lipinski definition) is 5. The number of rotatable bonds is 13. The van der Waals surface area contributed by atoms with E-state index in [1.165, 1.54) is 0 Å². The molecule has 1 aromatic rings. The van der Waals surface area contributed by atoms with E-state index in [9.17, 15) is 19.6 Å². The lowest BCUT2D eigenvalue weighted by molar-refractivity contribution is -0.151. The van der Waals surface area contributed by atoms with Gasteiger partial charge in [-0.15, -0.1) is 12.4 Å². The number of halogens is 1. The van der Waals surface area contributed by atoms with Crippen LogP contribution < -0.4 is 22.5 Å². The van der Waals surface area contributed by atoms with Crippen LogP contribution in [-0.2, 0) is 14.4 Å². The van der Waals surface area contributed by atoms with Gasteiger partial charge < -0.3 is 5.73 Å². The predicted molar refractivity (Wildman–Crippen MR) is 132 cm³/mol. The van der Waals surface area contributed by atoms with E-state index in [1.807, 2.05) is 58.0 Å². The predicted octanol–water partition coefficient (Wildman–Crippen LogP) is 2.85. The number of carbonyl (C=O) groups excluding carboxylic acids is 3. The van der Waals surface area contributed by atoms with Gasteiger partial charge in [0.1, 0.15) is 5.78 Å². The van der Waals surface area contributed by atoms with Gasteiger partial charge in [-0.25, -0.2) is 11.3 Å². The summed E-state index contributed by atoms with van der Waals surface area (Å²) in [6, 6.07) is 9.37. The third-order valence-electron chi connectivity index (χ3n) is 5.56. The van der Waals surface area contributed by atoms with Gasteiger partial charge in [-0.2, -0.15) is 0 Å². The Bertz CT molecular complexity index is 786. The average Bonchev–Trinajstić information content (AvgIpc) is 2.76.